The van der Waals surface area contributed by atoms with Crippen LogP contribution in [0.3, 0.4) is 0 Å². The van der Waals surface area contributed by atoms with E-state index in [1.807, 2.05) is 42.7 Å². The summed E-state index contributed by atoms with van der Waals surface area (Å²) in [6.45, 7) is 3.53. The monoisotopic (exact) mass is 352 g/mol. The van der Waals surface area contributed by atoms with Gasteiger partial charge in [-0.2, -0.15) is 0 Å². The van der Waals surface area contributed by atoms with Gasteiger partial charge in [0.1, 0.15) is 0 Å². The number of para-hydroxylation sites is 1. The zero-order chi connectivity index (χ0) is 18.2. The highest BCUT2D eigenvalue weighted by atomic mass is 16.1. The molecule has 1 aromatic carbocycles. The van der Waals surface area contributed by atoms with Crippen LogP contribution in [-0.2, 0) is 4.79 Å². The van der Waals surface area contributed by atoms with Gasteiger partial charge in [-0.3, -0.25) is 9.78 Å². The molecule has 0 aliphatic carbocycles. The predicted molar refractivity (Wildman–Crippen MR) is 107 cm³/mol. The minimum Gasteiger partial charge on any atom is -0.375 e. The van der Waals surface area contributed by atoms with Crippen LogP contribution in [0.4, 0.5) is 11.4 Å². The van der Waals surface area contributed by atoms with Gasteiger partial charge in [0.05, 0.1) is 0 Å². The van der Waals surface area contributed by atoms with Crippen molar-refractivity contribution in [2.75, 3.05) is 43.0 Å². The van der Waals surface area contributed by atoms with Crippen LogP contribution in [0.2, 0.25) is 0 Å². The van der Waals surface area contributed by atoms with Gasteiger partial charge in [-0.15, -0.1) is 0 Å². The summed E-state index contributed by atoms with van der Waals surface area (Å²) in [6, 6.07) is 14.4. The molecule has 26 heavy (non-hydrogen) atoms. The fraction of sp³-hybridized carbons (Fsp3) is 0.429. The number of piperidine rings is 1. The molecule has 0 saturated carbocycles. The van der Waals surface area contributed by atoms with Crippen LogP contribution in [0.15, 0.2) is 54.9 Å². The molecular formula is C21H28N4O. The van der Waals surface area contributed by atoms with E-state index in [2.05, 4.69) is 39.3 Å². The third-order valence-electron chi connectivity index (χ3n) is 5.06. The maximum absolute atomic E-state index is 12.4. The van der Waals surface area contributed by atoms with Crippen molar-refractivity contribution in [1.82, 2.24) is 10.3 Å². The van der Waals surface area contributed by atoms with Crippen LogP contribution in [0.1, 0.15) is 19.3 Å². The standard InChI is InChI=1S/C21H28N4O/c1-24(19-6-3-2-4-7-19)15-5-12-23-21(26)18-10-16-25(17-11-18)20-8-13-22-14-9-20/h2-4,6-9,13-14,18H,5,10-12,15-17H2,1H3,(H,23,26). The van der Waals surface area contributed by atoms with Crippen molar-refractivity contribution in [1.29, 1.82) is 0 Å². The number of hydrogen-bond donors (Lipinski definition) is 1. The third-order valence-corrected chi connectivity index (χ3v) is 5.06. The van der Waals surface area contributed by atoms with Crippen LogP contribution in [-0.4, -0.2) is 44.1 Å². The van der Waals surface area contributed by atoms with Gasteiger partial charge >= 0.3 is 0 Å². The van der Waals surface area contributed by atoms with E-state index in [4.69, 9.17) is 0 Å². The molecule has 5 heteroatoms. The van der Waals surface area contributed by atoms with E-state index in [1.165, 1.54) is 11.4 Å². The molecule has 0 radical (unpaired) electrons. The SMILES string of the molecule is CN(CCCNC(=O)C1CCN(c2ccncc2)CC1)c1ccccc1. The Morgan fingerprint density at radius 2 is 1.85 bits per heavy atom. The highest BCUT2D eigenvalue weighted by Gasteiger charge is 2.24. The van der Waals surface area contributed by atoms with Crippen molar-refractivity contribution in [2.24, 2.45) is 5.92 Å². The number of carbonyl (C=O) groups is 1. The summed E-state index contributed by atoms with van der Waals surface area (Å²) in [4.78, 5) is 21.0. The Balaban J connectivity index is 1.34. The topological polar surface area (TPSA) is 48.5 Å². The molecule has 2 aromatic rings. The molecule has 1 amide bonds. The highest BCUT2D eigenvalue weighted by molar-refractivity contribution is 5.79. The second kappa shape index (κ2) is 9.22. The van der Waals surface area contributed by atoms with Crippen molar-refractivity contribution in [2.45, 2.75) is 19.3 Å². The molecule has 0 unspecified atom stereocenters. The molecule has 3 rings (SSSR count). The molecule has 0 spiro atoms. The average Bonchev–Trinajstić information content (AvgIpc) is 2.72. The Labute approximate surface area is 156 Å². The zero-order valence-electron chi connectivity index (χ0n) is 15.5. The first-order chi connectivity index (χ1) is 12.7. The van der Waals surface area contributed by atoms with Gasteiger partial charge in [-0.1, -0.05) is 18.2 Å². The summed E-state index contributed by atoms with van der Waals surface area (Å²) in [7, 11) is 2.09. The molecule has 1 aromatic heterocycles. The maximum Gasteiger partial charge on any atom is 0.223 e. The van der Waals surface area contributed by atoms with E-state index in [9.17, 15) is 4.79 Å². The van der Waals surface area contributed by atoms with Gasteiger partial charge < -0.3 is 15.1 Å². The Bertz CT molecular complexity index is 669. The lowest BCUT2D eigenvalue weighted by atomic mass is 9.95. The maximum atomic E-state index is 12.4. The number of aromatic nitrogens is 1. The number of nitrogens with zero attached hydrogens (tertiary/aromatic N) is 3. The van der Waals surface area contributed by atoms with Crippen LogP contribution >= 0.6 is 0 Å². The Kier molecular flexibility index (Phi) is 6.47. The van der Waals surface area contributed by atoms with E-state index in [0.29, 0.717) is 0 Å². The second-order valence-electron chi connectivity index (χ2n) is 6.87. The van der Waals surface area contributed by atoms with Crippen LogP contribution in [0, 0.1) is 5.92 Å². The van der Waals surface area contributed by atoms with E-state index in [1.54, 1.807) is 0 Å². The van der Waals surface area contributed by atoms with E-state index >= 15 is 0 Å². The first kappa shape index (κ1) is 18.2. The largest absolute Gasteiger partial charge is 0.375 e. The van der Waals surface area contributed by atoms with E-state index < -0.39 is 0 Å². The minimum atomic E-state index is 0.139. The summed E-state index contributed by atoms with van der Waals surface area (Å²) in [5, 5.41) is 3.12. The number of amides is 1. The number of anilines is 2. The Morgan fingerprint density at radius 3 is 2.54 bits per heavy atom. The molecule has 1 aliphatic rings. The number of benzene rings is 1. The molecule has 1 fully saturated rings. The van der Waals surface area contributed by atoms with Crippen molar-refractivity contribution >= 4 is 17.3 Å². The van der Waals surface area contributed by atoms with Gasteiger partial charge in [0, 0.05) is 62.9 Å². The number of carbonyl (C=O) groups excluding carboxylic acids is 1. The summed E-state index contributed by atoms with van der Waals surface area (Å²) in [5.74, 6) is 0.349. The molecule has 0 bridgehead atoms. The van der Waals surface area contributed by atoms with Crippen molar-refractivity contribution in [3.8, 4) is 0 Å². The van der Waals surface area contributed by atoms with Gasteiger partial charge in [0.2, 0.25) is 5.91 Å². The molecule has 1 N–H and O–H groups in total. The molecule has 138 valence electrons. The summed E-state index contributed by atoms with van der Waals surface area (Å²) in [5.41, 5.74) is 2.41. The second-order valence-corrected chi connectivity index (χ2v) is 6.87. The van der Waals surface area contributed by atoms with Crippen molar-refractivity contribution < 1.29 is 4.79 Å². The summed E-state index contributed by atoms with van der Waals surface area (Å²) >= 11 is 0. The van der Waals surface area contributed by atoms with E-state index in [-0.39, 0.29) is 11.8 Å². The van der Waals surface area contributed by atoms with Gasteiger partial charge in [-0.25, -0.2) is 0 Å². The number of hydrogen-bond acceptors (Lipinski definition) is 4. The molecule has 1 saturated heterocycles. The highest BCUT2D eigenvalue weighted by Crippen LogP contribution is 2.22. The lowest BCUT2D eigenvalue weighted by Crippen LogP contribution is -2.41. The van der Waals surface area contributed by atoms with Gasteiger partial charge in [0.15, 0.2) is 0 Å². The van der Waals surface area contributed by atoms with Crippen LogP contribution < -0.4 is 15.1 Å². The third kappa shape index (κ3) is 4.97. The molecule has 0 atom stereocenters. The number of pyridine rings is 1. The fourth-order valence-corrected chi connectivity index (χ4v) is 3.44. The normalized spacial score (nSPS) is 14.9. The molecule has 2 heterocycles. The lowest BCUT2D eigenvalue weighted by Gasteiger charge is -2.33. The van der Waals surface area contributed by atoms with Crippen LogP contribution in [0.25, 0.3) is 0 Å². The number of nitrogens with one attached hydrogen (secondary N) is 1. The Hall–Kier alpha value is -2.56. The zero-order valence-corrected chi connectivity index (χ0v) is 15.5. The minimum absolute atomic E-state index is 0.139. The summed E-state index contributed by atoms with van der Waals surface area (Å²) < 4.78 is 0. The first-order valence-electron chi connectivity index (χ1n) is 9.43. The predicted octanol–water partition coefficient (Wildman–Crippen LogP) is 2.94. The number of rotatable bonds is 7. The van der Waals surface area contributed by atoms with Crippen molar-refractivity contribution in [3.05, 3.63) is 54.9 Å². The molecule has 1 aliphatic heterocycles. The molecular weight excluding hydrogens is 324 g/mol. The lowest BCUT2D eigenvalue weighted by molar-refractivity contribution is -0.125. The van der Waals surface area contributed by atoms with E-state index in [0.717, 1.165) is 45.4 Å². The Morgan fingerprint density at radius 1 is 1.15 bits per heavy atom. The quantitative estimate of drug-likeness (QED) is 0.779. The fourth-order valence-electron chi connectivity index (χ4n) is 3.44. The van der Waals surface area contributed by atoms with Gasteiger partial charge in [-0.05, 0) is 43.5 Å². The molecule has 5 nitrogen and oxygen atoms in total. The smallest absolute Gasteiger partial charge is 0.223 e. The van der Waals surface area contributed by atoms with Crippen molar-refractivity contribution in [3.63, 3.8) is 0 Å². The van der Waals surface area contributed by atoms with Crippen LogP contribution in [0.5, 0.6) is 0 Å². The first-order valence-corrected chi connectivity index (χ1v) is 9.43. The summed E-state index contributed by atoms with van der Waals surface area (Å²) in [6.07, 6.45) is 6.42. The average molecular weight is 352 g/mol. The van der Waals surface area contributed by atoms with Gasteiger partial charge in [0.25, 0.3) is 0 Å².